The molecule has 0 fully saturated rings. The van der Waals surface area contributed by atoms with Crippen LogP contribution in [0.25, 0.3) is 20.8 Å². The summed E-state index contributed by atoms with van der Waals surface area (Å²) in [5, 5.41) is 5.93. The maximum absolute atomic E-state index is 15.1. The lowest BCUT2D eigenvalue weighted by molar-refractivity contribution is -0.130. The smallest absolute Gasteiger partial charge is 0.323 e. The summed E-state index contributed by atoms with van der Waals surface area (Å²) >= 11 is 1.42. The highest BCUT2D eigenvalue weighted by Gasteiger charge is 2.16. The number of halogens is 1. The molecule has 5 rings (SSSR count). The molecule has 3 amide bonds. The first kappa shape index (κ1) is 32.7. The average Bonchev–Trinajstić information content (AvgIpc) is 3.46. The molecule has 0 aliphatic rings. The maximum Gasteiger partial charge on any atom is 0.323 e. The van der Waals surface area contributed by atoms with E-state index in [2.05, 4.69) is 20.6 Å². The molecule has 46 heavy (non-hydrogen) atoms. The van der Waals surface area contributed by atoms with E-state index in [1.54, 1.807) is 68.1 Å². The Bertz CT molecular complexity index is 1930. The second-order valence-corrected chi connectivity index (χ2v) is 15.1. The van der Waals surface area contributed by atoms with Crippen molar-refractivity contribution in [3.05, 3.63) is 90.5 Å². The van der Waals surface area contributed by atoms with E-state index in [9.17, 15) is 14.2 Å². The van der Waals surface area contributed by atoms with Gasteiger partial charge >= 0.3 is 6.03 Å². The largest absolute Gasteiger partial charge is 0.453 e. The number of ether oxygens (including phenoxy) is 2. The number of benzene rings is 2. The number of carbonyl (C=O) groups is 2. The molecule has 0 radical (unpaired) electrons. The van der Waals surface area contributed by atoms with Crippen molar-refractivity contribution in [3.63, 3.8) is 0 Å². The molecule has 0 saturated heterocycles. The number of nitrogens with zero attached hydrogens (tertiary/aromatic N) is 3. The Morgan fingerprint density at radius 2 is 1.76 bits per heavy atom. The number of rotatable bonds is 11. The number of aromatic nitrogens is 2. The summed E-state index contributed by atoms with van der Waals surface area (Å²) in [5.74, 6) is -0.300. The monoisotopic (exact) mass is 661 g/mol. The fraction of sp³-hybridized carbons (Fsp3) is 0.212. The van der Waals surface area contributed by atoms with Crippen molar-refractivity contribution in [3.8, 4) is 22.1 Å². The maximum atomic E-state index is 15.1. The first-order valence-corrected chi connectivity index (χ1v) is 17.7. The van der Waals surface area contributed by atoms with Crippen LogP contribution in [0.15, 0.2) is 79.1 Å². The topological polar surface area (TPSA) is 123 Å². The first-order chi connectivity index (χ1) is 22.0. The molecular formula is C33H33FN5O5PS. The van der Waals surface area contributed by atoms with Crippen molar-refractivity contribution in [1.29, 1.82) is 0 Å². The minimum absolute atomic E-state index is 0.0197. The van der Waals surface area contributed by atoms with Gasteiger partial charge in [0, 0.05) is 68.3 Å². The van der Waals surface area contributed by atoms with E-state index < -0.39 is 19.0 Å². The zero-order valence-electron chi connectivity index (χ0n) is 25.7. The van der Waals surface area contributed by atoms with Gasteiger partial charge in [-0.2, -0.15) is 0 Å². The van der Waals surface area contributed by atoms with Gasteiger partial charge in [0.15, 0.2) is 11.6 Å². The van der Waals surface area contributed by atoms with Gasteiger partial charge in [0.05, 0.1) is 27.4 Å². The second-order valence-electron chi connectivity index (χ2n) is 10.8. The molecule has 3 heterocycles. The summed E-state index contributed by atoms with van der Waals surface area (Å²) in [6, 6.07) is 17.7. The van der Waals surface area contributed by atoms with Crippen LogP contribution in [0.3, 0.4) is 0 Å². The van der Waals surface area contributed by atoms with Gasteiger partial charge in [-0.3, -0.25) is 14.8 Å². The minimum Gasteiger partial charge on any atom is -0.453 e. The third kappa shape index (κ3) is 8.14. The number of pyridine rings is 2. The normalized spacial score (nSPS) is 11.3. The van der Waals surface area contributed by atoms with Crippen LogP contribution in [0.5, 0.6) is 11.5 Å². The van der Waals surface area contributed by atoms with Crippen molar-refractivity contribution in [2.75, 3.05) is 44.2 Å². The second kappa shape index (κ2) is 14.2. The van der Waals surface area contributed by atoms with Crippen LogP contribution in [0.1, 0.15) is 12.5 Å². The zero-order chi connectivity index (χ0) is 32.8. The summed E-state index contributed by atoms with van der Waals surface area (Å²) < 4.78 is 39.3. The summed E-state index contributed by atoms with van der Waals surface area (Å²) in [4.78, 5) is 36.1. The van der Waals surface area contributed by atoms with Crippen molar-refractivity contribution in [2.45, 2.75) is 13.5 Å². The third-order valence-corrected chi connectivity index (χ3v) is 9.66. The molecule has 2 N–H and O–H groups in total. The summed E-state index contributed by atoms with van der Waals surface area (Å²) in [7, 11) is -0.896. The van der Waals surface area contributed by atoms with E-state index in [1.165, 1.54) is 36.5 Å². The number of hydrogen-bond donors (Lipinski definition) is 2. The van der Waals surface area contributed by atoms with Gasteiger partial charge < -0.3 is 29.6 Å². The zero-order valence-corrected chi connectivity index (χ0v) is 27.5. The highest BCUT2D eigenvalue weighted by atomic mass is 32.1. The van der Waals surface area contributed by atoms with Gasteiger partial charge in [-0.25, -0.2) is 9.18 Å². The molecule has 0 aliphatic carbocycles. The first-order valence-electron chi connectivity index (χ1n) is 14.3. The Kier molecular flexibility index (Phi) is 10.1. The number of amides is 3. The molecule has 0 spiro atoms. The molecule has 0 unspecified atom stereocenters. The molecule has 0 atom stereocenters. The van der Waals surface area contributed by atoms with Gasteiger partial charge in [-0.1, -0.05) is 18.2 Å². The van der Waals surface area contributed by atoms with Crippen molar-refractivity contribution >= 4 is 57.3 Å². The van der Waals surface area contributed by atoms with Crippen LogP contribution in [0.2, 0.25) is 0 Å². The van der Waals surface area contributed by atoms with Crippen molar-refractivity contribution < 1.29 is 28.0 Å². The van der Waals surface area contributed by atoms with Gasteiger partial charge in [0.2, 0.25) is 5.91 Å². The molecule has 2 aromatic carbocycles. The highest BCUT2D eigenvalue weighted by molar-refractivity contribution is 7.70. The molecule has 13 heteroatoms. The summed E-state index contributed by atoms with van der Waals surface area (Å²) in [5.41, 5.74) is 3.00. The van der Waals surface area contributed by atoms with Crippen LogP contribution >= 0.6 is 18.5 Å². The Morgan fingerprint density at radius 1 is 0.978 bits per heavy atom. The summed E-state index contributed by atoms with van der Waals surface area (Å²) in [6.07, 6.45) is 3.33. The van der Waals surface area contributed by atoms with Crippen LogP contribution < -0.4 is 20.7 Å². The van der Waals surface area contributed by atoms with E-state index in [4.69, 9.17) is 9.47 Å². The highest BCUT2D eigenvalue weighted by Crippen LogP contribution is 2.39. The molecule has 0 saturated carbocycles. The van der Waals surface area contributed by atoms with Crippen LogP contribution in [0.4, 0.5) is 20.6 Å². The average molecular weight is 662 g/mol. The molecule has 3 aromatic heterocycles. The lowest BCUT2D eigenvalue weighted by Gasteiger charge is -2.20. The standard InChI is InChI=1S/C33H33FN5O5PS/c1-21(40)39(14-15-43-2)20-22-8-10-27(36-19-22)31-18-28-32(46-31)30(12-13-35-28)44-29-11-9-24(17-26(29)34)38-33(41)37-23-6-5-7-25(16-23)45(3,4)42/h5-13,16-19H,14-15,20H2,1-4H3,(H2,37,38,41). The minimum atomic E-state index is -2.49. The number of carbonyl (C=O) groups excluding carboxylic acids is 2. The van der Waals surface area contributed by atoms with E-state index >= 15 is 4.39 Å². The van der Waals surface area contributed by atoms with Crippen LogP contribution in [0, 0.1) is 5.82 Å². The number of hydrogen-bond acceptors (Lipinski definition) is 8. The number of methoxy groups -OCH3 is 1. The number of thiophene rings is 1. The predicted octanol–water partition coefficient (Wildman–Crippen LogP) is 7.18. The lowest BCUT2D eigenvalue weighted by atomic mass is 10.2. The van der Waals surface area contributed by atoms with Gasteiger partial charge in [0.1, 0.15) is 12.9 Å². The van der Waals surface area contributed by atoms with E-state index in [1.807, 2.05) is 18.2 Å². The quantitative estimate of drug-likeness (QED) is 0.144. The fourth-order valence-corrected chi connectivity index (χ4v) is 6.48. The molecule has 0 bridgehead atoms. The summed E-state index contributed by atoms with van der Waals surface area (Å²) in [6.45, 7) is 6.21. The lowest BCUT2D eigenvalue weighted by Crippen LogP contribution is -2.31. The van der Waals surface area contributed by atoms with Gasteiger partial charge in [-0.15, -0.1) is 11.3 Å². The van der Waals surface area contributed by atoms with E-state index in [0.29, 0.717) is 42.0 Å². The van der Waals surface area contributed by atoms with Gasteiger partial charge in [-0.05, 0) is 55.3 Å². The van der Waals surface area contributed by atoms with Gasteiger partial charge in [0.25, 0.3) is 0 Å². The van der Waals surface area contributed by atoms with Crippen LogP contribution in [-0.4, -0.2) is 60.4 Å². The van der Waals surface area contributed by atoms with E-state index in [0.717, 1.165) is 20.8 Å². The van der Waals surface area contributed by atoms with Crippen LogP contribution in [-0.2, 0) is 20.6 Å². The van der Waals surface area contributed by atoms with Crippen molar-refractivity contribution in [1.82, 2.24) is 14.9 Å². The molecule has 10 nitrogen and oxygen atoms in total. The predicted molar refractivity (Wildman–Crippen MR) is 180 cm³/mol. The third-order valence-electron chi connectivity index (χ3n) is 6.97. The fourth-order valence-electron chi connectivity index (χ4n) is 4.55. The number of fused-ring (bicyclic) bond motifs is 1. The number of anilines is 2. The Hall–Kier alpha value is -4.64. The molecular weight excluding hydrogens is 628 g/mol. The molecule has 0 aliphatic heterocycles. The molecule has 5 aromatic rings. The molecule has 238 valence electrons. The number of nitrogens with one attached hydrogen (secondary N) is 2. The Balaban J connectivity index is 1.27. The SMILES string of the molecule is COCCN(Cc1ccc(-c2cc3nccc(Oc4ccc(NC(=O)Nc5cccc(P(C)(C)=O)c5)cc4F)c3s2)nc1)C(C)=O. The number of urea groups is 1. The Morgan fingerprint density at radius 3 is 2.43 bits per heavy atom. The van der Waals surface area contributed by atoms with E-state index in [-0.39, 0.29) is 17.3 Å². The van der Waals surface area contributed by atoms with Crippen molar-refractivity contribution in [2.24, 2.45) is 0 Å². The Labute approximate surface area is 270 Å².